The molecule has 20 heavy (non-hydrogen) atoms. The van der Waals surface area contributed by atoms with Crippen molar-refractivity contribution < 1.29 is 0 Å². The van der Waals surface area contributed by atoms with Gasteiger partial charge in [0.1, 0.15) is 0 Å². The van der Waals surface area contributed by atoms with Crippen molar-refractivity contribution in [3.05, 3.63) is 84.0 Å². The van der Waals surface area contributed by atoms with E-state index in [1.807, 2.05) is 48.8 Å². The van der Waals surface area contributed by atoms with Crippen LogP contribution in [-0.4, -0.2) is 19.9 Å². The molecule has 0 aliphatic heterocycles. The number of hydrogen-bond donors (Lipinski definition) is 0. The first-order valence-electron chi connectivity index (χ1n) is 6.50. The van der Waals surface area contributed by atoms with Crippen LogP contribution in [0.4, 0.5) is 0 Å². The Labute approximate surface area is 117 Å². The third-order valence-corrected chi connectivity index (χ3v) is 2.94. The van der Waals surface area contributed by atoms with Gasteiger partial charge in [0.05, 0.1) is 11.4 Å². The van der Waals surface area contributed by atoms with E-state index in [1.54, 1.807) is 12.4 Å². The molecule has 0 spiro atoms. The van der Waals surface area contributed by atoms with Gasteiger partial charge in [-0.1, -0.05) is 12.1 Å². The molecule has 0 radical (unpaired) electrons. The first-order valence-corrected chi connectivity index (χ1v) is 6.50. The fourth-order valence-corrected chi connectivity index (χ4v) is 1.94. The van der Waals surface area contributed by atoms with Crippen LogP contribution in [0.1, 0.15) is 22.8 Å². The van der Waals surface area contributed by atoms with Gasteiger partial charge >= 0.3 is 0 Å². The van der Waals surface area contributed by atoms with Gasteiger partial charge in [0, 0.05) is 49.0 Å². The minimum atomic E-state index is 0.706. The van der Waals surface area contributed by atoms with Crippen LogP contribution in [0.25, 0.3) is 0 Å². The van der Waals surface area contributed by atoms with Crippen LogP contribution in [0, 0.1) is 0 Å². The van der Waals surface area contributed by atoms with E-state index >= 15 is 0 Å². The third-order valence-electron chi connectivity index (χ3n) is 2.94. The Morgan fingerprint density at radius 3 is 1.40 bits per heavy atom. The quantitative estimate of drug-likeness (QED) is 0.724. The molecule has 0 saturated heterocycles. The van der Waals surface area contributed by atoms with Gasteiger partial charge in [-0.2, -0.15) is 0 Å². The predicted octanol–water partition coefficient (Wildman–Crippen LogP) is 2.45. The SMILES string of the molecule is c1ccc(Cc2cnc(Cc3ccccn3)cn2)nc1. The van der Waals surface area contributed by atoms with Gasteiger partial charge in [-0.15, -0.1) is 0 Å². The standard InChI is InChI=1S/C16H14N4/c1-3-7-17-13(5-1)9-15-11-20-16(12-19-15)10-14-6-2-4-8-18-14/h1-8,11-12H,9-10H2. The lowest BCUT2D eigenvalue weighted by Gasteiger charge is -2.02. The topological polar surface area (TPSA) is 51.6 Å². The highest BCUT2D eigenvalue weighted by Crippen LogP contribution is 2.06. The highest BCUT2D eigenvalue weighted by atomic mass is 14.8. The fraction of sp³-hybridized carbons (Fsp3) is 0.125. The predicted molar refractivity (Wildman–Crippen MR) is 76.1 cm³/mol. The number of nitrogens with zero attached hydrogens (tertiary/aromatic N) is 4. The van der Waals surface area contributed by atoms with Crippen LogP contribution in [0.2, 0.25) is 0 Å². The summed E-state index contributed by atoms with van der Waals surface area (Å²) >= 11 is 0. The van der Waals surface area contributed by atoms with E-state index in [1.165, 1.54) is 0 Å². The second-order valence-electron chi connectivity index (χ2n) is 4.49. The first-order chi connectivity index (χ1) is 9.90. The van der Waals surface area contributed by atoms with E-state index in [2.05, 4.69) is 19.9 Å². The van der Waals surface area contributed by atoms with Crippen molar-refractivity contribution >= 4 is 0 Å². The molecule has 0 saturated carbocycles. The highest BCUT2D eigenvalue weighted by molar-refractivity contribution is 5.16. The maximum atomic E-state index is 4.44. The number of aromatic nitrogens is 4. The van der Waals surface area contributed by atoms with Crippen LogP contribution in [0.5, 0.6) is 0 Å². The van der Waals surface area contributed by atoms with Gasteiger partial charge in [0.25, 0.3) is 0 Å². The summed E-state index contributed by atoms with van der Waals surface area (Å²) < 4.78 is 0. The average Bonchev–Trinajstić information content (AvgIpc) is 2.51. The van der Waals surface area contributed by atoms with Gasteiger partial charge < -0.3 is 0 Å². The maximum absolute atomic E-state index is 4.44. The van der Waals surface area contributed by atoms with Gasteiger partial charge in [-0.05, 0) is 24.3 Å². The Morgan fingerprint density at radius 1 is 0.550 bits per heavy atom. The summed E-state index contributed by atoms with van der Waals surface area (Å²) in [5.74, 6) is 0. The Hall–Kier alpha value is -2.62. The second-order valence-corrected chi connectivity index (χ2v) is 4.49. The second kappa shape index (κ2) is 6.02. The molecule has 3 aromatic rings. The lowest BCUT2D eigenvalue weighted by Crippen LogP contribution is -2.00. The molecule has 0 unspecified atom stereocenters. The van der Waals surface area contributed by atoms with E-state index in [4.69, 9.17) is 0 Å². The Balaban J connectivity index is 1.69. The zero-order valence-electron chi connectivity index (χ0n) is 11.0. The Kier molecular flexibility index (Phi) is 3.73. The lowest BCUT2D eigenvalue weighted by atomic mass is 10.2. The smallest absolute Gasteiger partial charge is 0.0646 e. The molecule has 3 heterocycles. The molecule has 0 bridgehead atoms. The van der Waals surface area contributed by atoms with Crippen LogP contribution in [-0.2, 0) is 12.8 Å². The zero-order valence-corrected chi connectivity index (χ0v) is 11.0. The molecular formula is C16H14N4. The van der Waals surface area contributed by atoms with Gasteiger partial charge in [-0.3, -0.25) is 19.9 Å². The van der Waals surface area contributed by atoms with E-state index in [9.17, 15) is 0 Å². The molecule has 3 rings (SSSR count). The molecule has 0 N–H and O–H groups in total. The normalized spacial score (nSPS) is 10.4. The number of pyridine rings is 2. The minimum Gasteiger partial charge on any atom is -0.261 e. The molecule has 3 aromatic heterocycles. The van der Waals surface area contributed by atoms with Crippen LogP contribution < -0.4 is 0 Å². The highest BCUT2D eigenvalue weighted by Gasteiger charge is 2.02. The van der Waals surface area contributed by atoms with Gasteiger partial charge in [0.15, 0.2) is 0 Å². The summed E-state index contributed by atoms with van der Waals surface area (Å²) in [7, 11) is 0. The minimum absolute atomic E-state index is 0.706. The lowest BCUT2D eigenvalue weighted by molar-refractivity contribution is 0.932. The van der Waals surface area contributed by atoms with Gasteiger partial charge in [0.2, 0.25) is 0 Å². The monoisotopic (exact) mass is 262 g/mol. The van der Waals surface area contributed by atoms with E-state index in [0.29, 0.717) is 12.8 Å². The third kappa shape index (κ3) is 3.23. The summed E-state index contributed by atoms with van der Waals surface area (Å²) in [5.41, 5.74) is 3.85. The molecule has 0 fully saturated rings. The summed E-state index contributed by atoms with van der Waals surface area (Å²) in [6, 6.07) is 11.7. The number of rotatable bonds is 4. The van der Waals surface area contributed by atoms with Crippen molar-refractivity contribution in [2.75, 3.05) is 0 Å². The van der Waals surface area contributed by atoms with Crippen molar-refractivity contribution in [1.82, 2.24) is 19.9 Å². The van der Waals surface area contributed by atoms with Gasteiger partial charge in [-0.25, -0.2) is 0 Å². The van der Waals surface area contributed by atoms with Crippen molar-refractivity contribution in [2.24, 2.45) is 0 Å². The molecule has 0 aliphatic rings. The number of hydrogen-bond acceptors (Lipinski definition) is 4. The van der Waals surface area contributed by atoms with Crippen molar-refractivity contribution in [3.63, 3.8) is 0 Å². The molecular weight excluding hydrogens is 248 g/mol. The van der Waals surface area contributed by atoms with E-state index < -0.39 is 0 Å². The molecule has 0 atom stereocenters. The van der Waals surface area contributed by atoms with Crippen molar-refractivity contribution in [2.45, 2.75) is 12.8 Å². The molecule has 98 valence electrons. The average molecular weight is 262 g/mol. The molecule has 4 heteroatoms. The largest absolute Gasteiger partial charge is 0.261 e. The summed E-state index contributed by atoms with van der Waals surface area (Å²) in [4.78, 5) is 17.5. The Morgan fingerprint density at radius 2 is 1.05 bits per heavy atom. The van der Waals surface area contributed by atoms with Crippen LogP contribution in [0.15, 0.2) is 61.2 Å². The molecule has 0 aromatic carbocycles. The molecule has 4 nitrogen and oxygen atoms in total. The summed E-state index contributed by atoms with van der Waals surface area (Å²) in [6.45, 7) is 0. The van der Waals surface area contributed by atoms with Crippen LogP contribution in [0.3, 0.4) is 0 Å². The van der Waals surface area contributed by atoms with E-state index in [-0.39, 0.29) is 0 Å². The molecule has 0 aliphatic carbocycles. The van der Waals surface area contributed by atoms with E-state index in [0.717, 1.165) is 22.8 Å². The molecule has 0 amide bonds. The maximum Gasteiger partial charge on any atom is 0.0646 e. The van der Waals surface area contributed by atoms with Crippen molar-refractivity contribution in [1.29, 1.82) is 0 Å². The first kappa shape index (κ1) is 12.4. The van der Waals surface area contributed by atoms with Crippen LogP contribution >= 0.6 is 0 Å². The summed E-state index contributed by atoms with van der Waals surface area (Å²) in [6.07, 6.45) is 8.62. The van der Waals surface area contributed by atoms with Crippen molar-refractivity contribution in [3.8, 4) is 0 Å². The Bertz CT molecular complexity index is 591. The fourth-order valence-electron chi connectivity index (χ4n) is 1.94. The summed E-state index contributed by atoms with van der Waals surface area (Å²) in [5, 5.41) is 0. The zero-order chi connectivity index (χ0) is 13.6.